The maximum Gasteiger partial charge on any atom is 0.123 e. The summed E-state index contributed by atoms with van der Waals surface area (Å²) in [5.74, 6) is 0.517. The van der Waals surface area contributed by atoms with Crippen molar-refractivity contribution < 1.29 is 4.74 Å². The van der Waals surface area contributed by atoms with Crippen molar-refractivity contribution in [2.24, 2.45) is 0 Å². The standard InChI is InChI=1S/C13H15N3O/c1-17-9-10-3-2-4-11(7-10)16-12-5-6-13(14)15-8-12/h2-8,16H,9H2,1H3,(H2,14,15). The summed E-state index contributed by atoms with van der Waals surface area (Å²) in [6, 6.07) is 11.7. The van der Waals surface area contributed by atoms with E-state index in [9.17, 15) is 0 Å². The molecule has 0 radical (unpaired) electrons. The summed E-state index contributed by atoms with van der Waals surface area (Å²) >= 11 is 0. The van der Waals surface area contributed by atoms with E-state index in [2.05, 4.69) is 10.3 Å². The van der Waals surface area contributed by atoms with Crippen LogP contribution in [0, 0.1) is 0 Å². The van der Waals surface area contributed by atoms with E-state index in [1.807, 2.05) is 30.3 Å². The van der Waals surface area contributed by atoms with Gasteiger partial charge in [-0.1, -0.05) is 12.1 Å². The minimum atomic E-state index is 0.517. The van der Waals surface area contributed by atoms with Gasteiger partial charge in [0.1, 0.15) is 5.82 Å². The highest BCUT2D eigenvalue weighted by Crippen LogP contribution is 2.17. The first kappa shape index (κ1) is 11.4. The fourth-order valence-corrected chi connectivity index (χ4v) is 1.55. The Morgan fingerprint density at radius 3 is 2.82 bits per heavy atom. The lowest BCUT2D eigenvalue weighted by Gasteiger charge is -2.08. The van der Waals surface area contributed by atoms with Crippen molar-refractivity contribution in [2.45, 2.75) is 6.61 Å². The van der Waals surface area contributed by atoms with Gasteiger partial charge in [0.25, 0.3) is 0 Å². The molecule has 1 aromatic carbocycles. The van der Waals surface area contributed by atoms with Gasteiger partial charge < -0.3 is 15.8 Å². The van der Waals surface area contributed by atoms with E-state index in [1.54, 1.807) is 19.4 Å². The summed E-state index contributed by atoms with van der Waals surface area (Å²) in [5.41, 5.74) is 8.57. The molecule has 0 amide bonds. The average Bonchev–Trinajstić information content (AvgIpc) is 2.33. The highest BCUT2D eigenvalue weighted by atomic mass is 16.5. The van der Waals surface area contributed by atoms with Crippen molar-refractivity contribution in [3.05, 3.63) is 48.2 Å². The van der Waals surface area contributed by atoms with E-state index in [0.29, 0.717) is 12.4 Å². The van der Waals surface area contributed by atoms with Crippen molar-refractivity contribution >= 4 is 17.2 Å². The van der Waals surface area contributed by atoms with Crippen molar-refractivity contribution in [3.8, 4) is 0 Å². The fourth-order valence-electron chi connectivity index (χ4n) is 1.55. The van der Waals surface area contributed by atoms with Crippen LogP contribution in [0.2, 0.25) is 0 Å². The first-order valence-corrected chi connectivity index (χ1v) is 5.34. The number of nitrogens with zero attached hydrogens (tertiary/aromatic N) is 1. The van der Waals surface area contributed by atoms with Gasteiger partial charge in [-0.15, -0.1) is 0 Å². The zero-order valence-corrected chi connectivity index (χ0v) is 9.68. The Balaban J connectivity index is 2.12. The SMILES string of the molecule is COCc1cccc(Nc2ccc(N)nc2)c1. The third-order valence-corrected chi connectivity index (χ3v) is 2.31. The van der Waals surface area contributed by atoms with Gasteiger partial charge in [-0.05, 0) is 29.8 Å². The van der Waals surface area contributed by atoms with Gasteiger partial charge in [-0.3, -0.25) is 0 Å². The molecule has 17 heavy (non-hydrogen) atoms. The van der Waals surface area contributed by atoms with E-state index in [0.717, 1.165) is 16.9 Å². The van der Waals surface area contributed by atoms with Crippen LogP contribution in [0.5, 0.6) is 0 Å². The second-order valence-corrected chi connectivity index (χ2v) is 3.73. The lowest BCUT2D eigenvalue weighted by Crippen LogP contribution is -1.95. The van der Waals surface area contributed by atoms with Crippen molar-refractivity contribution in [3.63, 3.8) is 0 Å². The van der Waals surface area contributed by atoms with Crippen molar-refractivity contribution in [2.75, 3.05) is 18.2 Å². The quantitative estimate of drug-likeness (QED) is 0.845. The third kappa shape index (κ3) is 3.19. The molecule has 2 aromatic rings. The van der Waals surface area contributed by atoms with E-state index in [-0.39, 0.29) is 0 Å². The Hall–Kier alpha value is -2.07. The zero-order valence-electron chi connectivity index (χ0n) is 9.68. The molecule has 0 aliphatic heterocycles. The van der Waals surface area contributed by atoms with Gasteiger partial charge in [-0.2, -0.15) is 0 Å². The smallest absolute Gasteiger partial charge is 0.123 e. The molecule has 0 saturated heterocycles. The molecule has 0 unspecified atom stereocenters. The van der Waals surface area contributed by atoms with Crippen LogP contribution in [0.25, 0.3) is 0 Å². The molecule has 1 aromatic heterocycles. The number of ether oxygens (including phenoxy) is 1. The van der Waals surface area contributed by atoms with Crippen molar-refractivity contribution in [1.29, 1.82) is 0 Å². The molecule has 0 bridgehead atoms. The van der Waals surface area contributed by atoms with Gasteiger partial charge in [0, 0.05) is 12.8 Å². The highest BCUT2D eigenvalue weighted by molar-refractivity contribution is 5.60. The van der Waals surface area contributed by atoms with E-state index in [4.69, 9.17) is 10.5 Å². The molecule has 88 valence electrons. The first-order chi connectivity index (χ1) is 8.28. The fraction of sp³-hybridized carbons (Fsp3) is 0.154. The number of nitrogens with one attached hydrogen (secondary N) is 1. The Kier molecular flexibility index (Phi) is 3.57. The molecular formula is C13H15N3O. The highest BCUT2D eigenvalue weighted by Gasteiger charge is 1.97. The van der Waals surface area contributed by atoms with Crippen LogP contribution >= 0.6 is 0 Å². The van der Waals surface area contributed by atoms with E-state index < -0.39 is 0 Å². The molecule has 0 saturated carbocycles. The van der Waals surface area contributed by atoms with E-state index >= 15 is 0 Å². The number of nitrogen functional groups attached to an aromatic ring is 1. The maximum absolute atomic E-state index is 5.53. The lowest BCUT2D eigenvalue weighted by atomic mass is 10.2. The minimum absolute atomic E-state index is 0.517. The molecular weight excluding hydrogens is 214 g/mol. The summed E-state index contributed by atoms with van der Waals surface area (Å²) in [6.45, 7) is 0.607. The number of pyridine rings is 1. The Morgan fingerprint density at radius 1 is 1.24 bits per heavy atom. The summed E-state index contributed by atoms with van der Waals surface area (Å²) < 4.78 is 5.09. The second kappa shape index (κ2) is 5.32. The van der Waals surface area contributed by atoms with Crippen LogP contribution in [-0.4, -0.2) is 12.1 Å². The zero-order chi connectivity index (χ0) is 12.1. The number of rotatable bonds is 4. The number of benzene rings is 1. The van der Waals surface area contributed by atoms with Gasteiger partial charge in [-0.25, -0.2) is 4.98 Å². The topological polar surface area (TPSA) is 60.2 Å². The van der Waals surface area contributed by atoms with Crippen molar-refractivity contribution in [1.82, 2.24) is 4.98 Å². The summed E-state index contributed by atoms with van der Waals surface area (Å²) in [6.07, 6.45) is 1.71. The predicted octanol–water partition coefficient (Wildman–Crippen LogP) is 2.55. The van der Waals surface area contributed by atoms with Gasteiger partial charge in [0.2, 0.25) is 0 Å². The number of hydrogen-bond donors (Lipinski definition) is 2. The van der Waals surface area contributed by atoms with Crippen LogP contribution in [0.4, 0.5) is 17.2 Å². The average molecular weight is 229 g/mol. The third-order valence-electron chi connectivity index (χ3n) is 2.31. The Labute approximate surface area is 100 Å². The molecule has 4 nitrogen and oxygen atoms in total. The second-order valence-electron chi connectivity index (χ2n) is 3.73. The Morgan fingerprint density at radius 2 is 2.12 bits per heavy atom. The molecule has 0 spiro atoms. The molecule has 2 rings (SSSR count). The molecule has 4 heteroatoms. The van der Waals surface area contributed by atoms with Crippen LogP contribution in [0.15, 0.2) is 42.6 Å². The molecule has 0 atom stereocenters. The monoisotopic (exact) mass is 229 g/mol. The van der Waals surface area contributed by atoms with Crippen LogP contribution in [0.1, 0.15) is 5.56 Å². The maximum atomic E-state index is 5.53. The number of methoxy groups -OCH3 is 1. The normalized spacial score (nSPS) is 10.2. The molecule has 0 aliphatic rings. The first-order valence-electron chi connectivity index (χ1n) is 5.34. The van der Waals surface area contributed by atoms with Crippen LogP contribution in [0.3, 0.4) is 0 Å². The predicted molar refractivity (Wildman–Crippen MR) is 69.1 cm³/mol. The largest absolute Gasteiger partial charge is 0.384 e. The van der Waals surface area contributed by atoms with E-state index in [1.165, 1.54) is 0 Å². The molecule has 0 aliphatic carbocycles. The minimum Gasteiger partial charge on any atom is -0.384 e. The van der Waals surface area contributed by atoms with Gasteiger partial charge in [0.15, 0.2) is 0 Å². The number of hydrogen-bond acceptors (Lipinski definition) is 4. The molecule has 3 N–H and O–H groups in total. The molecule has 1 heterocycles. The van der Waals surface area contributed by atoms with Crippen LogP contribution < -0.4 is 11.1 Å². The van der Waals surface area contributed by atoms with Gasteiger partial charge >= 0.3 is 0 Å². The molecule has 0 fully saturated rings. The van der Waals surface area contributed by atoms with Crippen LogP contribution in [-0.2, 0) is 11.3 Å². The summed E-state index contributed by atoms with van der Waals surface area (Å²) in [4.78, 5) is 4.02. The number of anilines is 3. The van der Waals surface area contributed by atoms with Gasteiger partial charge in [0.05, 0.1) is 18.5 Å². The summed E-state index contributed by atoms with van der Waals surface area (Å²) in [7, 11) is 1.68. The lowest BCUT2D eigenvalue weighted by molar-refractivity contribution is 0.185. The Bertz CT molecular complexity index is 482. The number of nitrogens with two attached hydrogens (primary N) is 1. The number of aromatic nitrogens is 1. The summed E-state index contributed by atoms with van der Waals surface area (Å²) in [5, 5.41) is 3.26.